The Bertz CT molecular complexity index is 761. The third-order valence-corrected chi connectivity index (χ3v) is 6.02. The SMILES string of the molecule is Cc1ccc2c(c1)CC[C@]1(O)C(=O)CC(c3ccco3)C[C@]21C. The fourth-order valence-corrected chi connectivity index (χ4v) is 4.69. The van der Waals surface area contributed by atoms with Gasteiger partial charge < -0.3 is 9.52 Å². The first-order valence-corrected chi connectivity index (χ1v) is 8.33. The molecule has 2 aliphatic carbocycles. The number of carbonyl (C=O) groups excluding carboxylic acids is 1. The maximum absolute atomic E-state index is 12.8. The Morgan fingerprint density at radius 1 is 1.30 bits per heavy atom. The van der Waals surface area contributed by atoms with Gasteiger partial charge in [-0.2, -0.15) is 0 Å². The number of furan rings is 1. The summed E-state index contributed by atoms with van der Waals surface area (Å²) in [5.74, 6) is 0.842. The Morgan fingerprint density at radius 3 is 2.87 bits per heavy atom. The van der Waals surface area contributed by atoms with Gasteiger partial charge in [0, 0.05) is 17.8 Å². The van der Waals surface area contributed by atoms with Crippen LogP contribution in [0, 0.1) is 6.92 Å². The van der Waals surface area contributed by atoms with Gasteiger partial charge in [0.1, 0.15) is 11.4 Å². The highest BCUT2D eigenvalue weighted by molar-refractivity contribution is 5.91. The average Bonchev–Trinajstić information content (AvgIpc) is 3.04. The molecule has 2 aliphatic rings. The topological polar surface area (TPSA) is 50.4 Å². The van der Waals surface area contributed by atoms with Crippen LogP contribution in [0.25, 0.3) is 0 Å². The minimum atomic E-state index is -1.25. The molecule has 0 aliphatic heterocycles. The van der Waals surface area contributed by atoms with Gasteiger partial charge >= 0.3 is 0 Å². The van der Waals surface area contributed by atoms with E-state index in [4.69, 9.17) is 4.42 Å². The third kappa shape index (κ3) is 1.96. The van der Waals surface area contributed by atoms with Crippen molar-refractivity contribution in [3.05, 3.63) is 59.0 Å². The van der Waals surface area contributed by atoms with Crippen molar-refractivity contribution < 1.29 is 14.3 Å². The molecule has 0 spiro atoms. The van der Waals surface area contributed by atoms with E-state index in [0.717, 1.165) is 24.2 Å². The summed E-state index contributed by atoms with van der Waals surface area (Å²) in [4.78, 5) is 12.8. The van der Waals surface area contributed by atoms with E-state index in [1.807, 2.05) is 19.1 Å². The van der Waals surface area contributed by atoms with E-state index >= 15 is 0 Å². The fraction of sp³-hybridized carbons (Fsp3) is 0.450. The van der Waals surface area contributed by atoms with Crippen LogP contribution in [0.1, 0.15) is 54.6 Å². The van der Waals surface area contributed by atoms with Crippen LogP contribution in [0.3, 0.4) is 0 Å². The van der Waals surface area contributed by atoms with Gasteiger partial charge in [0.05, 0.1) is 6.26 Å². The third-order valence-electron chi connectivity index (χ3n) is 6.02. The molecule has 3 heteroatoms. The van der Waals surface area contributed by atoms with Gasteiger partial charge in [-0.15, -0.1) is 0 Å². The molecular weight excluding hydrogens is 288 g/mol. The molecule has 0 saturated heterocycles. The Kier molecular flexibility index (Phi) is 3.08. The molecule has 120 valence electrons. The standard InChI is InChI=1S/C20H22O3/c1-13-5-6-16-14(10-13)7-8-20(22)18(21)11-15(12-19(16,20)2)17-4-3-9-23-17/h3-6,9-10,15,22H,7-8,11-12H2,1-2H3/t15?,19-,20+/m1/s1. The zero-order valence-corrected chi connectivity index (χ0v) is 13.6. The maximum Gasteiger partial charge on any atom is 0.165 e. The number of hydrogen-bond acceptors (Lipinski definition) is 3. The van der Waals surface area contributed by atoms with Crippen LogP contribution in [0.15, 0.2) is 41.0 Å². The molecule has 0 amide bonds. The molecule has 3 atom stereocenters. The van der Waals surface area contributed by atoms with E-state index in [-0.39, 0.29) is 11.7 Å². The molecule has 0 radical (unpaired) electrons. The smallest absolute Gasteiger partial charge is 0.165 e. The number of aliphatic hydroxyl groups is 1. The second kappa shape index (κ2) is 4.81. The molecule has 1 N–H and O–H groups in total. The first-order valence-electron chi connectivity index (χ1n) is 8.33. The molecule has 1 fully saturated rings. The molecule has 23 heavy (non-hydrogen) atoms. The van der Waals surface area contributed by atoms with Crippen LogP contribution in [-0.2, 0) is 16.6 Å². The number of Topliss-reactive ketones (excluding diaryl/α,β-unsaturated/α-hetero) is 1. The van der Waals surface area contributed by atoms with Crippen molar-refractivity contribution in [1.29, 1.82) is 0 Å². The molecule has 3 nitrogen and oxygen atoms in total. The summed E-state index contributed by atoms with van der Waals surface area (Å²) in [5.41, 5.74) is 1.81. The highest BCUT2D eigenvalue weighted by Gasteiger charge is 2.59. The van der Waals surface area contributed by atoms with E-state index in [2.05, 4.69) is 25.1 Å². The lowest BCUT2D eigenvalue weighted by atomic mass is 9.52. The van der Waals surface area contributed by atoms with E-state index in [1.165, 1.54) is 11.1 Å². The molecule has 1 saturated carbocycles. The van der Waals surface area contributed by atoms with Crippen molar-refractivity contribution in [3.63, 3.8) is 0 Å². The monoisotopic (exact) mass is 310 g/mol. The molecule has 1 aromatic heterocycles. The van der Waals surface area contributed by atoms with E-state index in [0.29, 0.717) is 12.8 Å². The van der Waals surface area contributed by atoms with Gasteiger partial charge in [-0.05, 0) is 49.4 Å². The number of ketones is 1. The van der Waals surface area contributed by atoms with Crippen LogP contribution in [0.5, 0.6) is 0 Å². The molecule has 1 aromatic carbocycles. The molecule has 4 rings (SSSR count). The molecule has 1 heterocycles. The lowest BCUT2D eigenvalue weighted by Gasteiger charge is -2.53. The summed E-state index contributed by atoms with van der Waals surface area (Å²) in [5, 5.41) is 11.3. The highest BCUT2D eigenvalue weighted by atomic mass is 16.3. The summed E-state index contributed by atoms with van der Waals surface area (Å²) in [6.07, 6.45) is 4.03. The zero-order valence-electron chi connectivity index (χ0n) is 13.6. The Balaban J connectivity index is 1.84. The Hall–Kier alpha value is -1.87. The number of rotatable bonds is 1. The Labute approximate surface area is 136 Å². The summed E-state index contributed by atoms with van der Waals surface area (Å²) in [6, 6.07) is 10.2. The van der Waals surface area contributed by atoms with Crippen LogP contribution >= 0.6 is 0 Å². The van der Waals surface area contributed by atoms with Crippen molar-refractivity contribution in [2.45, 2.75) is 56.5 Å². The summed E-state index contributed by atoms with van der Waals surface area (Å²) in [6.45, 7) is 4.13. The Morgan fingerprint density at radius 2 is 2.13 bits per heavy atom. The predicted molar refractivity (Wildman–Crippen MR) is 87.5 cm³/mol. The lowest BCUT2D eigenvalue weighted by molar-refractivity contribution is -0.154. The van der Waals surface area contributed by atoms with Gasteiger partial charge in [0.15, 0.2) is 5.78 Å². The lowest BCUT2D eigenvalue weighted by Crippen LogP contribution is -2.61. The van der Waals surface area contributed by atoms with Crippen LogP contribution in [0.4, 0.5) is 0 Å². The number of fused-ring (bicyclic) bond motifs is 3. The highest BCUT2D eigenvalue weighted by Crippen LogP contribution is 2.54. The normalized spacial score (nSPS) is 33.2. The van der Waals surface area contributed by atoms with Crippen molar-refractivity contribution >= 4 is 5.78 Å². The predicted octanol–water partition coefficient (Wildman–Crippen LogP) is 3.67. The zero-order chi connectivity index (χ0) is 16.2. The summed E-state index contributed by atoms with van der Waals surface area (Å²) < 4.78 is 5.55. The summed E-state index contributed by atoms with van der Waals surface area (Å²) >= 11 is 0. The quantitative estimate of drug-likeness (QED) is 0.874. The number of carbonyl (C=O) groups is 1. The molecule has 1 unspecified atom stereocenters. The second-order valence-corrected chi connectivity index (χ2v) is 7.40. The van der Waals surface area contributed by atoms with Gasteiger partial charge in [0.25, 0.3) is 0 Å². The van der Waals surface area contributed by atoms with Crippen LogP contribution in [0.2, 0.25) is 0 Å². The van der Waals surface area contributed by atoms with Gasteiger partial charge in [-0.3, -0.25) is 4.79 Å². The first-order chi connectivity index (χ1) is 10.9. The van der Waals surface area contributed by atoms with Gasteiger partial charge in [-0.1, -0.05) is 30.7 Å². The molecular formula is C20H22O3. The maximum atomic E-state index is 12.8. The minimum absolute atomic E-state index is 0.0371. The van der Waals surface area contributed by atoms with Crippen molar-refractivity contribution in [2.24, 2.45) is 0 Å². The summed E-state index contributed by atoms with van der Waals surface area (Å²) in [7, 11) is 0. The van der Waals surface area contributed by atoms with E-state index in [9.17, 15) is 9.90 Å². The average molecular weight is 310 g/mol. The van der Waals surface area contributed by atoms with Crippen molar-refractivity contribution in [1.82, 2.24) is 0 Å². The van der Waals surface area contributed by atoms with Crippen molar-refractivity contribution in [2.75, 3.05) is 0 Å². The first kappa shape index (κ1) is 14.7. The van der Waals surface area contributed by atoms with E-state index in [1.54, 1.807) is 6.26 Å². The van der Waals surface area contributed by atoms with Crippen LogP contribution < -0.4 is 0 Å². The fourth-order valence-electron chi connectivity index (χ4n) is 4.69. The van der Waals surface area contributed by atoms with E-state index < -0.39 is 11.0 Å². The molecule has 2 aromatic rings. The van der Waals surface area contributed by atoms with Gasteiger partial charge in [0.2, 0.25) is 0 Å². The minimum Gasteiger partial charge on any atom is -0.469 e. The molecule has 0 bridgehead atoms. The number of hydrogen-bond donors (Lipinski definition) is 1. The van der Waals surface area contributed by atoms with Gasteiger partial charge in [-0.25, -0.2) is 0 Å². The van der Waals surface area contributed by atoms with Crippen LogP contribution in [-0.4, -0.2) is 16.5 Å². The number of benzene rings is 1. The second-order valence-electron chi connectivity index (χ2n) is 7.40. The number of aryl methyl sites for hydroxylation is 2. The largest absolute Gasteiger partial charge is 0.469 e. The van der Waals surface area contributed by atoms with Crippen molar-refractivity contribution in [3.8, 4) is 0 Å².